The Labute approximate surface area is 98.1 Å². The Balaban J connectivity index is 2.89. The molecule has 16 heavy (non-hydrogen) atoms. The largest absolute Gasteiger partial charge is 0.491 e. The molecule has 0 fully saturated rings. The van der Waals surface area contributed by atoms with Crippen LogP contribution in [-0.2, 0) is 0 Å². The van der Waals surface area contributed by atoms with Crippen molar-refractivity contribution in [3.05, 3.63) is 42.0 Å². The van der Waals surface area contributed by atoms with E-state index in [9.17, 15) is 0 Å². The Morgan fingerprint density at radius 2 is 2.00 bits per heavy atom. The van der Waals surface area contributed by atoms with Crippen LogP contribution in [0.2, 0.25) is 0 Å². The van der Waals surface area contributed by atoms with E-state index in [0.717, 1.165) is 23.3 Å². The minimum atomic E-state index is -0.0348. The molecular formula is C14H21NO. The predicted molar refractivity (Wildman–Crippen MR) is 68.6 cm³/mol. The molecule has 1 atom stereocenters. The fourth-order valence-electron chi connectivity index (χ4n) is 1.63. The lowest BCUT2D eigenvalue weighted by atomic mass is 10.0. The van der Waals surface area contributed by atoms with E-state index in [1.165, 1.54) is 0 Å². The van der Waals surface area contributed by atoms with Crippen LogP contribution in [-0.4, -0.2) is 6.10 Å². The molecule has 0 radical (unpaired) electrons. The highest BCUT2D eigenvalue weighted by atomic mass is 16.5. The highest BCUT2D eigenvalue weighted by Crippen LogP contribution is 2.27. The first-order valence-electron chi connectivity index (χ1n) is 5.66. The maximum absolute atomic E-state index is 6.13. The molecule has 1 aromatic carbocycles. The number of benzene rings is 1. The molecule has 0 aliphatic carbocycles. The number of ether oxygens (including phenoxy) is 1. The lowest BCUT2D eigenvalue weighted by Crippen LogP contribution is -2.14. The summed E-state index contributed by atoms with van der Waals surface area (Å²) < 4.78 is 5.74. The Hall–Kier alpha value is -1.28. The van der Waals surface area contributed by atoms with Gasteiger partial charge in [-0.25, -0.2) is 0 Å². The first-order chi connectivity index (χ1) is 7.50. The van der Waals surface area contributed by atoms with Gasteiger partial charge in [-0.3, -0.25) is 0 Å². The summed E-state index contributed by atoms with van der Waals surface area (Å²) in [6.07, 6.45) is 0.955. The summed E-state index contributed by atoms with van der Waals surface area (Å²) in [5, 5.41) is 0. The van der Waals surface area contributed by atoms with Crippen LogP contribution < -0.4 is 10.5 Å². The summed E-state index contributed by atoms with van der Waals surface area (Å²) in [5.74, 6) is 0.881. The second-order valence-corrected chi connectivity index (χ2v) is 4.47. The number of hydrogen-bond acceptors (Lipinski definition) is 2. The van der Waals surface area contributed by atoms with Crippen LogP contribution in [0.15, 0.2) is 36.4 Å². The number of para-hydroxylation sites is 1. The van der Waals surface area contributed by atoms with Crippen LogP contribution in [0.1, 0.15) is 38.8 Å². The molecule has 2 heteroatoms. The predicted octanol–water partition coefficient (Wildman–Crippen LogP) is 3.44. The van der Waals surface area contributed by atoms with Gasteiger partial charge in [-0.05, 0) is 33.3 Å². The van der Waals surface area contributed by atoms with Crippen molar-refractivity contribution in [1.82, 2.24) is 0 Å². The molecule has 0 aliphatic rings. The van der Waals surface area contributed by atoms with E-state index >= 15 is 0 Å². The van der Waals surface area contributed by atoms with E-state index in [2.05, 4.69) is 6.58 Å². The topological polar surface area (TPSA) is 35.2 Å². The second-order valence-electron chi connectivity index (χ2n) is 4.47. The van der Waals surface area contributed by atoms with Gasteiger partial charge in [0.05, 0.1) is 6.10 Å². The summed E-state index contributed by atoms with van der Waals surface area (Å²) in [7, 11) is 0. The first kappa shape index (κ1) is 12.8. The zero-order valence-electron chi connectivity index (χ0n) is 10.4. The fraction of sp³-hybridized carbons (Fsp3) is 0.429. The molecule has 2 N–H and O–H groups in total. The summed E-state index contributed by atoms with van der Waals surface area (Å²) in [5.41, 5.74) is 8.28. The maximum Gasteiger partial charge on any atom is 0.124 e. The zero-order valence-corrected chi connectivity index (χ0v) is 10.4. The molecule has 0 aliphatic heterocycles. The van der Waals surface area contributed by atoms with Gasteiger partial charge in [0.1, 0.15) is 5.75 Å². The lowest BCUT2D eigenvalue weighted by Gasteiger charge is -2.18. The molecule has 0 bridgehead atoms. The Morgan fingerprint density at radius 3 is 2.56 bits per heavy atom. The van der Waals surface area contributed by atoms with Crippen molar-refractivity contribution in [3.63, 3.8) is 0 Å². The molecular weight excluding hydrogens is 198 g/mol. The van der Waals surface area contributed by atoms with Crippen molar-refractivity contribution in [2.75, 3.05) is 0 Å². The molecule has 1 rings (SSSR count). The SMILES string of the molecule is C=C(C)C[C@@H](N)c1ccccc1OC(C)C. The third-order valence-corrected chi connectivity index (χ3v) is 2.25. The molecule has 1 aromatic rings. The van der Waals surface area contributed by atoms with Gasteiger partial charge in [-0.2, -0.15) is 0 Å². The monoisotopic (exact) mass is 219 g/mol. The van der Waals surface area contributed by atoms with E-state index < -0.39 is 0 Å². The molecule has 0 saturated heterocycles. The smallest absolute Gasteiger partial charge is 0.124 e. The van der Waals surface area contributed by atoms with Gasteiger partial charge in [0.25, 0.3) is 0 Å². The van der Waals surface area contributed by atoms with Crippen molar-refractivity contribution in [1.29, 1.82) is 0 Å². The van der Waals surface area contributed by atoms with Crippen LogP contribution in [0.25, 0.3) is 0 Å². The third-order valence-electron chi connectivity index (χ3n) is 2.25. The molecule has 0 saturated carbocycles. The Morgan fingerprint density at radius 1 is 1.38 bits per heavy atom. The van der Waals surface area contributed by atoms with Crippen molar-refractivity contribution in [2.45, 2.75) is 39.3 Å². The average molecular weight is 219 g/mol. The molecule has 0 aromatic heterocycles. The number of hydrogen-bond donors (Lipinski definition) is 1. The molecule has 0 unspecified atom stereocenters. The minimum absolute atomic E-state index is 0.0348. The van der Waals surface area contributed by atoms with E-state index in [1.54, 1.807) is 0 Å². The maximum atomic E-state index is 6.13. The number of rotatable bonds is 5. The molecule has 0 spiro atoms. The summed E-state index contributed by atoms with van der Waals surface area (Å²) in [6, 6.07) is 7.90. The van der Waals surface area contributed by atoms with E-state index in [-0.39, 0.29) is 12.1 Å². The van der Waals surface area contributed by atoms with Crippen LogP contribution in [0.5, 0.6) is 5.75 Å². The van der Waals surface area contributed by atoms with Crippen molar-refractivity contribution in [2.24, 2.45) is 5.73 Å². The summed E-state index contributed by atoms with van der Waals surface area (Å²) in [6.45, 7) is 9.91. The quantitative estimate of drug-likeness (QED) is 0.770. The van der Waals surface area contributed by atoms with E-state index in [4.69, 9.17) is 10.5 Å². The van der Waals surface area contributed by atoms with Crippen LogP contribution in [0.3, 0.4) is 0 Å². The molecule has 0 amide bonds. The standard InChI is InChI=1S/C14H21NO/c1-10(2)9-13(15)12-7-5-6-8-14(12)16-11(3)4/h5-8,11,13H,1,9,15H2,2-4H3/t13-/m1/s1. The van der Waals surface area contributed by atoms with Gasteiger partial charge in [0.2, 0.25) is 0 Å². The summed E-state index contributed by atoms with van der Waals surface area (Å²) in [4.78, 5) is 0. The third kappa shape index (κ3) is 3.70. The molecule has 2 nitrogen and oxygen atoms in total. The van der Waals surface area contributed by atoms with Gasteiger partial charge >= 0.3 is 0 Å². The van der Waals surface area contributed by atoms with Gasteiger partial charge in [0.15, 0.2) is 0 Å². The minimum Gasteiger partial charge on any atom is -0.491 e. The van der Waals surface area contributed by atoms with Gasteiger partial charge in [-0.1, -0.05) is 23.8 Å². The molecule has 0 heterocycles. The summed E-state index contributed by atoms with van der Waals surface area (Å²) >= 11 is 0. The second kappa shape index (κ2) is 5.71. The highest BCUT2D eigenvalue weighted by molar-refractivity contribution is 5.36. The average Bonchev–Trinajstić information content (AvgIpc) is 2.16. The van der Waals surface area contributed by atoms with E-state index in [0.29, 0.717) is 0 Å². The zero-order chi connectivity index (χ0) is 12.1. The molecule has 88 valence electrons. The van der Waals surface area contributed by atoms with Crippen molar-refractivity contribution in [3.8, 4) is 5.75 Å². The Bertz CT molecular complexity index is 358. The van der Waals surface area contributed by atoms with Gasteiger partial charge in [0, 0.05) is 11.6 Å². The normalized spacial score (nSPS) is 12.6. The highest BCUT2D eigenvalue weighted by Gasteiger charge is 2.12. The van der Waals surface area contributed by atoms with Gasteiger partial charge < -0.3 is 10.5 Å². The lowest BCUT2D eigenvalue weighted by molar-refractivity contribution is 0.238. The van der Waals surface area contributed by atoms with Crippen LogP contribution in [0, 0.1) is 0 Å². The van der Waals surface area contributed by atoms with Crippen molar-refractivity contribution >= 4 is 0 Å². The first-order valence-corrected chi connectivity index (χ1v) is 5.66. The fourth-order valence-corrected chi connectivity index (χ4v) is 1.63. The van der Waals surface area contributed by atoms with Crippen LogP contribution in [0.4, 0.5) is 0 Å². The van der Waals surface area contributed by atoms with Crippen LogP contribution >= 0.6 is 0 Å². The number of nitrogens with two attached hydrogens (primary N) is 1. The van der Waals surface area contributed by atoms with Crippen molar-refractivity contribution < 1.29 is 4.74 Å². The van der Waals surface area contributed by atoms with E-state index in [1.807, 2.05) is 45.0 Å². The Kier molecular flexibility index (Phi) is 4.56. The van der Waals surface area contributed by atoms with Gasteiger partial charge in [-0.15, -0.1) is 6.58 Å².